The van der Waals surface area contributed by atoms with Crippen molar-refractivity contribution in [3.05, 3.63) is 29.8 Å². The summed E-state index contributed by atoms with van der Waals surface area (Å²) in [5.74, 6) is 0.0595. The molecule has 1 atom stereocenters. The fourth-order valence-corrected chi connectivity index (χ4v) is 3.00. The number of carbonyl (C=O) groups excluding carboxylic acids is 2. The van der Waals surface area contributed by atoms with Crippen molar-refractivity contribution in [1.29, 1.82) is 0 Å². The number of hydrogen-bond donors (Lipinski definition) is 3. The highest BCUT2D eigenvalue weighted by Gasteiger charge is 2.24. The van der Waals surface area contributed by atoms with E-state index in [2.05, 4.69) is 46.7 Å². The Morgan fingerprint density at radius 2 is 2.00 bits per heavy atom. The largest absolute Gasteiger partial charge is 0.367 e. The van der Waals surface area contributed by atoms with Crippen LogP contribution >= 0.6 is 0 Å². The fraction of sp³-hybridized carbons (Fsp3) is 0.529. The number of nitrogens with two attached hydrogens (primary N) is 1. The van der Waals surface area contributed by atoms with E-state index in [9.17, 15) is 9.59 Å². The monoisotopic (exact) mass is 318 g/mol. The van der Waals surface area contributed by atoms with E-state index in [0.717, 1.165) is 25.8 Å². The first-order valence-corrected chi connectivity index (χ1v) is 8.22. The third-order valence-corrected chi connectivity index (χ3v) is 4.15. The number of benzene rings is 1. The summed E-state index contributed by atoms with van der Waals surface area (Å²) in [6.45, 7) is 4.21. The number of primary amides is 1. The Kier molecular flexibility index (Phi) is 6.26. The number of rotatable bonds is 8. The molecule has 23 heavy (non-hydrogen) atoms. The predicted molar refractivity (Wildman–Crippen MR) is 91.4 cm³/mol. The van der Waals surface area contributed by atoms with E-state index >= 15 is 0 Å². The molecule has 126 valence electrons. The van der Waals surface area contributed by atoms with E-state index in [1.54, 1.807) is 0 Å². The molecule has 6 nitrogen and oxygen atoms in total. The summed E-state index contributed by atoms with van der Waals surface area (Å²) >= 11 is 0. The van der Waals surface area contributed by atoms with E-state index in [1.165, 1.54) is 11.3 Å². The molecule has 3 amide bonds. The van der Waals surface area contributed by atoms with Crippen LogP contribution in [0, 0.1) is 0 Å². The van der Waals surface area contributed by atoms with Crippen molar-refractivity contribution in [3.8, 4) is 0 Å². The average Bonchev–Trinajstić information content (AvgIpc) is 2.83. The zero-order chi connectivity index (χ0) is 16.7. The lowest BCUT2D eigenvalue weighted by molar-refractivity contribution is -0.121. The zero-order valence-corrected chi connectivity index (χ0v) is 13.7. The molecule has 6 heteroatoms. The second-order valence-corrected chi connectivity index (χ2v) is 5.97. The van der Waals surface area contributed by atoms with Crippen LogP contribution in [-0.2, 0) is 11.2 Å². The van der Waals surface area contributed by atoms with Gasteiger partial charge in [-0.1, -0.05) is 18.2 Å². The maximum atomic E-state index is 11.8. The number of para-hydroxylation sites is 1. The van der Waals surface area contributed by atoms with Crippen LogP contribution < -0.4 is 21.3 Å². The third kappa shape index (κ3) is 5.16. The first kappa shape index (κ1) is 17.1. The number of hydrogen-bond acceptors (Lipinski definition) is 3. The van der Waals surface area contributed by atoms with Gasteiger partial charge in [-0.05, 0) is 37.8 Å². The average molecular weight is 318 g/mol. The summed E-state index contributed by atoms with van der Waals surface area (Å²) in [6, 6.07) is 8.40. The molecule has 2 rings (SSSR count). The Morgan fingerprint density at radius 1 is 1.22 bits per heavy atom. The van der Waals surface area contributed by atoms with Crippen molar-refractivity contribution in [2.75, 3.05) is 24.5 Å². The number of nitrogens with one attached hydrogen (secondary N) is 2. The van der Waals surface area contributed by atoms with Gasteiger partial charge in [0.1, 0.15) is 0 Å². The van der Waals surface area contributed by atoms with Gasteiger partial charge in [-0.15, -0.1) is 0 Å². The lowest BCUT2D eigenvalue weighted by atomic mass is 10.1. The number of anilines is 1. The number of amides is 3. The lowest BCUT2D eigenvalue weighted by Gasteiger charge is -2.25. The highest BCUT2D eigenvalue weighted by Crippen LogP contribution is 2.31. The summed E-state index contributed by atoms with van der Waals surface area (Å²) in [7, 11) is 0. The molecule has 0 saturated heterocycles. The Morgan fingerprint density at radius 3 is 2.78 bits per heavy atom. The minimum atomic E-state index is -0.519. The SMILES string of the molecule is CC1Cc2ccccc2N1CCNC(=O)CCCCNC(N)=O. The van der Waals surface area contributed by atoms with Crippen LogP contribution in [0.2, 0.25) is 0 Å². The van der Waals surface area contributed by atoms with Crippen LogP contribution in [0.1, 0.15) is 31.7 Å². The molecule has 0 bridgehead atoms. The standard InChI is InChI=1S/C17H26N4O2/c1-13-12-14-6-2-3-7-15(14)21(13)11-10-19-16(22)8-4-5-9-20-17(18)23/h2-3,6-7,13H,4-5,8-12H2,1H3,(H,19,22)(H3,18,20,23). The molecular formula is C17H26N4O2. The van der Waals surface area contributed by atoms with Gasteiger partial charge < -0.3 is 21.3 Å². The summed E-state index contributed by atoms with van der Waals surface area (Å²) in [5.41, 5.74) is 7.64. The second-order valence-electron chi connectivity index (χ2n) is 5.97. The quantitative estimate of drug-likeness (QED) is 0.633. The Hall–Kier alpha value is -2.24. The van der Waals surface area contributed by atoms with Crippen molar-refractivity contribution < 1.29 is 9.59 Å². The van der Waals surface area contributed by atoms with Crippen LogP contribution in [0.3, 0.4) is 0 Å². The van der Waals surface area contributed by atoms with Crippen molar-refractivity contribution in [3.63, 3.8) is 0 Å². The van der Waals surface area contributed by atoms with Gasteiger partial charge in [-0.25, -0.2) is 4.79 Å². The summed E-state index contributed by atoms with van der Waals surface area (Å²) in [5, 5.41) is 5.48. The van der Waals surface area contributed by atoms with Gasteiger partial charge in [-0.3, -0.25) is 4.79 Å². The molecule has 0 fully saturated rings. The van der Waals surface area contributed by atoms with Gasteiger partial charge in [0.15, 0.2) is 0 Å². The van der Waals surface area contributed by atoms with Crippen molar-refractivity contribution in [1.82, 2.24) is 10.6 Å². The number of carbonyl (C=O) groups is 2. The molecule has 1 aromatic rings. The van der Waals surface area contributed by atoms with Crippen molar-refractivity contribution in [2.24, 2.45) is 5.73 Å². The smallest absolute Gasteiger partial charge is 0.312 e. The van der Waals surface area contributed by atoms with Gasteiger partial charge in [0, 0.05) is 37.8 Å². The number of urea groups is 1. The molecule has 0 saturated carbocycles. The van der Waals surface area contributed by atoms with E-state index in [4.69, 9.17) is 5.73 Å². The van der Waals surface area contributed by atoms with Gasteiger partial charge in [0.05, 0.1) is 0 Å². The molecule has 1 aromatic carbocycles. The van der Waals surface area contributed by atoms with E-state index < -0.39 is 6.03 Å². The summed E-state index contributed by atoms with van der Waals surface area (Å²) in [6.07, 6.45) is 3.05. The Balaban J connectivity index is 1.63. The van der Waals surface area contributed by atoms with Gasteiger partial charge in [0.2, 0.25) is 5.91 Å². The minimum absolute atomic E-state index is 0.0595. The Bertz CT molecular complexity index is 547. The number of fused-ring (bicyclic) bond motifs is 1. The highest BCUT2D eigenvalue weighted by molar-refractivity contribution is 5.76. The molecule has 1 heterocycles. The maximum absolute atomic E-state index is 11.8. The van der Waals surface area contributed by atoms with E-state index in [0.29, 0.717) is 25.6 Å². The first-order valence-electron chi connectivity index (χ1n) is 8.22. The topological polar surface area (TPSA) is 87.5 Å². The maximum Gasteiger partial charge on any atom is 0.312 e. The van der Waals surface area contributed by atoms with E-state index in [1.807, 2.05) is 0 Å². The molecule has 1 aliphatic rings. The summed E-state index contributed by atoms with van der Waals surface area (Å²) in [4.78, 5) is 24.7. The highest BCUT2D eigenvalue weighted by atomic mass is 16.2. The first-order chi connectivity index (χ1) is 11.1. The normalized spacial score (nSPS) is 16.0. The summed E-state index contributed by atoms with van der Waals surface area (Å²) < 4.78 is 0. The van der Waals surface area contributed by atoms with Gasteiger partial charge in [0.25, 0.3) is 0 Å². The molecule has 0 aromatic heterocycles. The van der Waals surface area contributed by atoms with Gasteiger partial charge >= 0.3 is 6.03 Å². The second kappa shape index (κ2) is 8.41. The fourth-order valence-electron chi connectivity index (χ4n) is 3.00. The van der Waals surface area contributed by atoms with Crippen LogP contribution in [0.4, 0.5) is 10.5 Å². The molecule has 0 aliphatic carbocycles. The Labute approximate surface area is 137 Å². The van der Waals surface area contributed by atoms with Crippen LogP contribution in [-0.4, -0.2) is 37.6 Å². The van der Waals surface area contributed by atoms with Gasteiger partial charge in [-0.2, -0.15) is 0 Å². The molecule has 0 spiro atoms. The molecule has 1 aliphatic heterocycles. The van der Waals surface area contributed by atoms with Crippen LogP contribution in [0.5, 0.6) is 0 Å². The molecule has 0 radical (unpaired) electrons. The van der Waals surface area contributed by atoms with Crippen molar-refractivity contribution in [2.45, 2.75) is 38.6 Å². The number of nitrogens with zero attached hydrogens (tertiary/aromatic N) is 1. The molecular weight excluding hydrogens is 292 g/mol. The lowest BCUT2D eigenvalue weighted by Crippen LogP contribution is -2.37. The number of unbranched alkanes of at least 4 members (excludes halogenated alkanes) is 1. The third-order valence-electron chi connectivity index (χ3n) is 4.15. The van der Waals surface area contributed by atoms with Crippen LogP contribution in [0.25, 0.3) is 0 Å². The predicted octanol–water partition coefficient (Wildman–Crippen LogP) is 1.39. The van der Waals surface area contributed by atoms with E-state index in [-0.39, 0.29) is 5.91 Å². The van der Waals surface area contributed by atoms with Crippen LogP contribution in [0.15, 0.2) is 24.3 Å². The molecule has 4 N–H and O–H groups in total. The molecule has 1 unspecified atom stereocenters. The minimum Gasteiger partial charge on any atom is -0.367 e. The van der Waals surface area contributed by atoms with Crippen molar-refractivity contribution >= 4 is 17.6 Å². The zero-order valence-electron chi connectivity index (χ0n) is 13.7.